The van der Waals surface area contributed by atoms with Crippen molar-refractivity contribution in [3.63, 3.8) is 0 Å². The molecule has 1 aromatic heterocycles. The van der Waals surface area contributed by atoms with Crippen LogP contribution in [0.25, 0.3) is 0 Å². The van der Waals surface area contributed by atoms with Gasteiger partial charge in [-0.1, -0.05) is 11.3 Å². The summed E-state index contributed by atoms with van der Waals surface area (Å²) >= 11 is 1.27. The summed E-state index contributed by atoms with van der Waals surface area (Å²) in [5.41, 5.74) is 8.23. The van der Waals surface area contributed by atoms with Gasteiger partial charge < -0.3 is 5.73 Å². The number of carbonyl (C=O) groups excluding carboxylic acids is 1. The van der Waals surface area contributed by atoms with Crippen LogP contribution in [-0.2, 0) is 0 Å². The zero-order chi connectivity index (χ0) is 10.7. The molecular weight excluding hydrogens is 212 g/mol. The number of hydrogen-bond acceptors (Lipinski definition) is 5. The molecule has 1 amide bonds. The van der Waals surface area contributed by atoms with Gasteiger partial charge in [0.05, 0.1) is 0 Å². The highest BCUT2D eigenvalue weighted by molar-refractivity contribution is 7.13. The van der Waals surface area contributed by atoms with E-state index in [0.29, 0.717) is 16.4 Å². The minimum absolute atomic E-state index is 0.216. The van der Waals surface area contributed by atoms with E-state index in [1.165, 1.54) is 11.3 Å². The number of aromatic nitrogens is 2. The molecule has 2 rings (SSSR count). The molecule has 3 N–H and O–H groups in total. The van der Waals surface area contributed by atoms with E-state index in [1.807, 2.05) is 0 Å². The first-order valence-electron chi connectivity index (χ1n) is 4.19. The molecule has 15 heavy (non-hydrogen) atoms. The lowest BCUT2D eigenvalue weighted by atomic mass is 10.2. The van der Waals surface area contributed by atoms with Gasteiger partial charge >= 0.3 is 0 Å². The number of anilines is 2. The summed E-state index contributed by atoms with van der Waals surface area (Å²) in [6.45, 7) is 0. The number of rotatable bonds is 2. The molecule has 0 aliphatic rings. The van der Waals surface area contributed by atoms with Gasteiger partial charge in [-0.25, -0.2) is 0 Å². The lowest BCUT2D eigenvalue weighted by Crippen LogP contribution is -2.11. The smallest absolute Gasteiger partial charge is 0.257 e. The quantitative estimate of drug-likeness (QED) is 0.749. The Labute approximate surface area is 90.0 Å². The van der Waals surface area contributed by atoms with Gasteiger partial charge in [-0.2, -0.15) is 0 Å². The molecule has 0 bridgehead atoms. The SMILES string of the molecule is Nc1ccc(C(=O)Nc2nncs2)cc1. The first kappa shape index (κ1) is 9.60. The highest BCUT2D eigenvalue weighted by atomic mass is 32.1. The number of carbonyl (C=O) groups is 1. The molecule has 0 aliphatic heterocycles. The Hall–Kier alpha value is -1.95. The zero-order valence-corrected chi connectivity index (χ0v) is 8.49. The summed E-state index contributed by atoms with van der Waals surface area (Å²) in [6, 6.07) is 6.67. The van der Waals surface area contributed by atoms with Crippen LogP contribution in [0.2, 0.25) is 0 Å². The van der Waals surface area contributed by atoms with E-state index in [1.54, 1.807) is 29.8 Å². The summed E-state index contributed by atoms with van der Waals surface area (Å²) in [5, 5.41) is 10.4. The van der Waals surface area contributed by atoms with E-state index in [9.17, 15) is 4.79 Å². The first-order chi connectivity index (χ1) is 7.25. The number of amides is 1. The molecule has 2 aromatic rings. The van der Waals surface area contributed by atoms with Crippen LogP contribution < -0.4 is 11.1 Å². The fourth-order valence-electron chi connectivity index (χ4n) is 1.03. The maximum Gasteiger partial charge on any atom is 0.257 e. The minimum atomic E-state index is -0.216. The van der Waals surface area contributed by atoms with E-state index in [-0.39, 0.29) is 5.91 Å². The normalized spacial score (nSPS) is 9.87. The summed E-state index contributed by atoms with van der Waals surface area (Å²) in [4.78, 5) is 11.6. The summed E-state index contributed by atoms with van der Waals surface area (Å²) in [6.07, 6.45) is 0. The van der Waals surface area contributed by atoms with Crippen LogP contribution in [0.3, 0.4) is 0 Å². The third-order valence-electron chi connectivity index (χ3n) is 1.75. The van der Waals surface area contributed by atoms with E-state index >= 15 is 0 Å². The summed E-state index contributed by atoms with van der Waals surface area (Å²) in [7, 11) is 0. The van der Waals surface area contributed by atoms with E-state index < -0.39 is 0 Å². The van der Waals surface area contributed by atoms with Crippen LogP contribution in [0.1, 0.15) is 10.4 Å². The topological polar surface area (TPSA) is 80.9 Å². The van der Waals surface area contributed by atoms with Crippen LogP contribution in [0, 0.1) is 0 Å². The Morgan fingerprint density at radius 1 is 1.33 bits per heavy atom. The molecule has 0 radical (unpaired) electrons. The number of hydrogen-bond donors (Lipinski definition) is 2. The second-order valence-corrected chi connectivity index (χ2v) is 3.65. The number of nitrogens with one attached hydrogen (secondary N) is 1. The fourth-order valence-corrected chi connectivity index (χ4v) is 1.47. The summed E-state index contributed by atoms with van der Waals surface area (Å²) < 4.78 is 0. The predicted molar refractivity (Wildman–Crippen MR) is 58.7 cm³/mol. The Balaban J connectivity index is 2.11. The van der Waals surface area contributed by atoms with Crippen molar-refractivity contribution in [2.75, 3.05) is 11.1 Å². The molecule has 6 heteroatoms. The van der Waals surface area contributed by atoms with Crippen LogP contribution in [-0.4, -0.2) is 16.1 Å². The number of nitrogen functional groups attached to an aromatic ring is 1. The van der Waals surface area contributed by atoms with Gasteiger partial charge in [0.1, 0.15) is 5.51 Å². The molecule has 76 valence electrons. The molecule has 0 fully saturated rings. The molecule has 0 saturated carbocycles. The Kier molecular flexibility index (Phi) is 2.59. The van der Waals surface area contributed by atoms with Crippen molar-refractivity contribution < 1.29 is 4.79 Å². The first-order valence-corrected chi connectivity index (χ1v) is 5.07. The number of nitrogens with two attached hydrogens (primary N) is 1. The summed E-state index contributed by atoms with van der Waals surface area (Å²) in [5.74, 6) is -0.216. The van der Waals surface area contributed by atoms with E-state index in [0.717, 1.165) is 0 Å². The third-order valence-corrected chi connectivity index (χ3v) is 2.36. The average Bonchev–Trinajstić information content (AvgIpc) is 2.71. The van der Waals surface area contributed by atoms with Crippen molar-refractivity contribution in [1.82, 2.24) is 10.2 Å². The Morgan fingerprint density at radius 2 is 2.07 bits per heavy atom. The van der Waals surface area contributed by atoms with Crippen LogP contribution in [0.4, 0.5) is 10.8 Å². The fraction of sp³-hybridized carbons (Fsp3) is 0. The molecule has 0 unspecified atom stereocenters. The predicted octanol–water partition coefficient (Wildman–Crippen LogP) is 1.37. The van der Waals surface area contributed by atoms with Crippen molar-refractivity contribution in [3.05, 3.63) is 35.3 Å². The Morgan fingerprint density at radius 3 is 2.67 bits per heavy atom. The van der Waals surface area contributed by atoms with Gasteiger partial charge in [0.25, 0.3) is 5.91 Å². The molecular formula is C9H8N4OS. The molecule has 1 aromatic carbocycles. The van der Waals surface area contributed by atoms with Gasteiger partial charge in [0.15, 0.2) is 0 Å². The van der Waals surface area contributed by atoms with Gasteiger partial charge in [0, 0.05) is 11.3 Å². The second-order valence-electron chi connectivity index (χ2n) is 2.82. The second kappa shape index (κ2) is 4.05. The molecule has 1 heterocycles. The van der Waals surface area contributed by atoms with Crippen molar-refractivity contribution in [2.45, 2.75) is 0 Å². The standard InChI is InChI=1S/C9H8N4OS/c10-7-3-1-6(2-4-7)8(14)12-9-13-11-5-15-9/h1-5H,10H2,(H,12,13,14). The zero-order valence-electron chi connectivity index (χ0n) is 7.68. The van der Waals surface area contributed by atoms with Crippen LogP contribution in [0.15, 0.2) is 29.8 Å². The van der Waals surface area contributed by atoms with Gasteiger partial charge in [-0.05, 0) is 24.3 Å². The average molecular weight is 220 g/mol. The van der Waals surface area contributed by atoms with Crippen LogP contribution >= 0.6 is 11.3 Å². The minimum Gasteiger partial charge on any atom is -0.399 e. The van der Waals surface area contributed by atoms with Gasteiger partial charge in [0.2, 0.25) is 5.13 Å². The molecule has 5 nitrogen and oxygen atoms in total. The highest BCUT2D eigenvalue weighted by Gasteiger charge is 2.06. The van der Waals surface area contributed by atoms with Crippen molar-refractivity contribution >= 4 is 28.1 Å². The maximum absolute atomic E-state index is 11.6. The number of nitrogens with zero attached hydrogens (tertiary/aromatic N) is 2. The molecule has 0 saturated heterocycles. The monoisotopic (exact) mass is 220 g/mol. The van der Waals surface area contributed by atoms with Gasteiger partial charge in [-0.3, -0.25) is 10.1 Å². The maximum atomic E-state index is 11.6. The molecule has 0 aliphatic carbocycles. The van der Waals surface area contributed by atoms with E-state index in [4.69, 9.17) is 5.73 Å². The Bertz CT molecular complexity index is 451. The van der Waals surface area contributed by atoms with Gasteiger partial charge in [-0.15, -0.1) is 10.2 Å². The number of benzene rings is 1. The lowest BCUT2D eigenvalue weighted by molar-refractivity contribution is 0.102. The highest BCUT2D eigenvalue weighted by Crippen LogP contribution is 2.11. The van der Waals surface area contributed by atoms with Crippen molar-refractivity contribution in [1.29, 1.82) is 0 Å². The molecule has 0 spiro atoms. The van der Waals surface area contributed by atoms with Crippen molar-refractivity contribution in [2.24, 2.45) is 0 Å². The largest absolute Gasteiger partial charge is 0.399 e. The molecule has 0 atom stereocenters. The van der Waals surface area contributed by atoms with Crippen LogP contribution in [0.5, 0.6) is 0 Å². The van der Waals surface area contributed by atoms with E-state index in [2.05, 4.69) is 15.5 Å². The lowest BCUT2D eigenvalue weighted by Gasteiger charge is -2.00. The van der Waals surface area contributed by atoms with Crippen molar-refractivity contribution in [3.8, 4) is 0 Å². The third kappa shape index (κ3) is 2.29.